The summed E-state index contributed by atoms with van der Waals surface area (Å²) >= 11 is 1.40. The van der Waals surface area contributed by atoms with E-state index in [-0.39, 0.29) is 11.3 Å². The van der Waals surface area contributed by atoms with E-state index in [9.17, 15) is 9.59 Å². The summed E-state index contributed by atoms with van der Waals surface area (Å²) in [6.07, 6.45) is 0. The number of aromatic amines is 1. The molecular formula is C18H16N2O2S. The van der Waals surface area contributed by atoms with E-state index < -0.39 is 0 Å². The quantitative estimate of drug-likeness (QED) is 0.742. The van der Waals surface area contributed by atoms with E-state index in [0.717, 1.165) is 16.3 Å². The third kappa shape index (κ3) is 3.14. The minimum atomic E-state index is -0.0747. The number of para-hydroxylation sites is 1. The van der Waals surface area contributed by atoms with Crippen LogP contribution in [0.25, 0.3) is 5.69 Å². The number of nitrogens with zero attached hydrogens (tertiary/aromatic N) is 1. The molecule has 1 N–H and O–H groups in total. The van der Waals surface area contributed by atoms with Crippen LogP contribution in [0.15, 0.2) is 69.2 Å². The number of hydrogen-bond donors (Lipinski definition) is 1. The Hall–Kier alpha value is -2.53. The molecule has 0 saturated carbocycles. The molecule has 0 fully saturated rings. The summed E-state index contributed by atoms with van der Waals surface area (Å²) in [7, 11) is 0. The van der Waals surface area contributed by atoms with Crippen LogP contribution in [0.5, 0.6) is 0 Å². The average molecular weight is 324 g/mol. The van der Waals surface area contributed by atoms with Gasteiger partial charge in [0.05, 0.1) is 10.6 Å². The lowest BCUT2D eigenvalue weighted by molar-refractivity contribution is 0.101. The highest BCUT2D eigenvalue weighted by Gasteiger charge is 2.13. The minimum Gasteiger partial charge on any atom is -0.295 e. The number of aryl methyl sites for hydroxylation is 1. The first-order chi connectivity index (χ1) is 11.1. The van der Waals surface area contributed by atoms with E-state index in [4.69, 9.17) is 0 Å². The Kier molecular flexibility index (Phi) is 4.21. The molecule has 0 unspecified atom stereocenters. The summed E-state index contributed by atoms with van der Waals surface area (Å²) in [6.45, 7) is 3.42. The van der Waals surface area contributed by atoms with Crippen molar-refractivity contribution in [1.29, 1.82) is 0 Å². The van der Waals surface area contributed by atoms with E-state index in [0.29, 0.717) is 10.5 Å². The van der Waals surface area contributed by atoms with Gasteiger partial charge in [0.1, 0.15) is 0 Å². The molecule has 0 aliphatic heterocycles. The summed E-state index contributed by atoms with van der Waals surface area (Å²) in [4.78, 5) is 25.5. The maximum atomic E-state index is 12.6. The van der Waals surface area contributed by atoms with Crippen molar-refractivity contribution in [3.8, 4) is 5.69 Å². The van der Waals surface area contributed by atoms with Gasteiger partial charge >= 0.3 is 0 Å². The van der Waals surface area contributed by atoms with Gasteiger partial charge in [0, 0.05) is 16.2 Å². The van der Waals surface area contributed by atoms with Crippen molar-refractivity contribution in [3.05, 3.63) is 76.2 Å². The fraction of sp³-hybridized carbons (Fsp3) is 0.111. The number of rotatable bonds is 4. The number of H-pyrrole nitrogens is 1. The fourth-order valence-corrected chi connectivity index (χ4v) is 3.17. The number of carbonyl (C=O) groups excluding carboxylic acids is 1. The molecule has 0 amide bonds. The molecule has 5 heteroatoms. The molecule has 0 spiro atoms. The Balaban J connectivity index is 1.94. The second-order valence-corrected chi connectivity index (χ2v) is 6.31. The van der Waals surface area contributed by atoms with Gasteiger partial charge in [0.25, 0.3) is 5.56 Å². The Morgan fingerprint density at radius 1 is 1.04 bits per heavy atom. The van der Waals surface area contributed by atoms with Crippen LogP contribution in [-0.4, -0.2) is 15.6 Å². The van der Waals surface area contributed by atoms with Crippen molar-refractivity contribution >= 4 is 17.5 Å². The highest BCUT2D eigenvalue weighted by atomic mass is 32.2. The van der Waals surface area contributed by atoms with Crippen molar-refractivity contribution in [2.24, 2.45) is 0 Å². The van der Waals surface area contributed by atoms with Crippen molar-refractivity contribution in [1.82, 2.24) is 9.78 Å². The third-order valence-electron chi connectivity index (χ3n) is 3.51. The van der Waals surface area contributed by atoms with E-state index in [1.165, 1.54) is 18.7 Å². The summed E-state index contributed by atoms with van der Waals surface area (Å²) in [5.41, 5.74) is 2.22. The zero-order valence-electron chi connectivity index (χ0n) is 12.9. The minimum absolute atomic E-state index is 0.0332. The maximum Gasteiger partial charge on any atom is 0.285 e. The summed E-state index contributed by atoms with van der Waals surface area (Å²) in [5, 5.41) is 3.11. The molecule has 23 heavy (non-hydrogen) atoms. The Morgan fingerprint density at radius 2 is 1.70 bits per heavy atom. The van der Waals surface area contributed by atoms with Gasteiger partial charge in [0.2, 0.25) is 0 Å². The van der Waals surface area contributed by atoms with Crippen LogP contribution >= 0.6 is 11.8 Å². The van der Waals surface area contributed by atoms with Crippen molar-refractivity contribution in [2.75, 3.05) is 0 Å². The molecule has 0 saturated heterocycles. The first-order valence-corrected chi connectivity index (χ1v) is 8.04. The van der Waals surface area contributed by atoms with Gasteiger partial charge < -0.3 is 0 Å². The van der Waals surface area contributed by atoms with Gasteiger partial charge in [-0.25, -0.2) is 4.68 Å². The standard InChI is InChI=1S/C18H16N2O2S/c1-12-17(23-16-10-8-14(9-11-16)13(2)21)18(22)20(19-12)15-6-4-3-5-7-15/h3-11,19H,1-2H3. The number of hydrogen-bond acceptors (Lipinski definition) is 3. The number of benzene rings is 2. The summed E-state index contributed by atoms with van der Waals surface area (Å²) < 4.78 is 1.54. The predicted octanol–water partition coefficient (Wildman–Crippen LogP) is 3.83. The predicted molar refractivity (Wildman–Crippen MR) is 91.7 cm³/mol. The zero-order valence-corrected chi connectivity index (χ0v) is 13.7. The van der Waals surface area contributed by atoms with E-state index in [2.05, 4.69) is 5.10 Å². The number of nitrogens with one attached hydrogen (secondary N) is 1. The smallest absolute Gasteiger partial charge is 0.285 e. The largest absolute Gasteiger partial charge is 0.295 e. The van der Waals surface area contributed by atoms with E-state index in [1.807, 2.05) is 49.4 Å². The number of ketones is 1. The van der Waals surface area contributed by atoms with Gasteiger partial charge in [-0.1, -0.05) is 42.1 Å². The number of Topliss-reactive ketones (excluding diaryl/α,β-unsaturated/α-hetero) is 1. The lowest BCUT2D eigenvalue weighted by Crippen LogP contribution is -2.15. The zero-order chi connectivity index (χ0) is 16.4. The Bertz CT molecular complexity index is 893. The van der Waals surface area contributed by atoms with Crippen LogP contribution in [-0.2, 0) is 0 Å². The molecular weight excluding hydrogens is 308 g/mol. The molecule has 0 aliphatic rings. The highest BCUT2D eigenvalue weighted by Crippen LogP contribution is 2.27. The fourth-order valence-electron chi connectivity index (χ4n) is 2.29. The van der Waals surface area contributed by atoms with Crippen molar-refractivity contribution < 1.29 is 4.79 Å². The van der Waals surface area contributed by atoms with Crippen LogP contribution in [0.3, 0.4) is 0 Å². The first kappa shape index (κ1) is 15.4. The molecule has 0 bridgehead atoms. The number of aromatic nitrogens is 2. The topological polar surface area (TPSA) is 54.9 Å². The van der Waals surface area contributed by atoms with Gasteiger partial charge in [-0.2, -0.15) is 0 Å². The molecule has 4 nitrogen and oxygen atoms in total. The Morgan fingerprint density at radius 3 is 2.30 bits per heavy atom. The molecule has 3 rings (SSSR count). The number of carbonyl (C=O) groups is 1. The van der Waals surface area contributed by atoms with Crippen molar-refractivity contribution in [2.45, 2.75) is 23.6 Å². The molecule has 2 aromatic carbocycles. The molecule has 1 heterocycles. The maximum absolute atomic E-state index is 12.6. The van der Waals surface area contributed by atoms with Gasteiger partial charge in [-0.15, -0.1) is 0 Å². The van der Waals surface area contributed by atoms with Crippen LogP contribution in [0, 0.1) is 6.92 Å². The van der Waals surface area contributed by atoms with Crippen LogP contribution in [0.1, 0.15) is 23.0 Å². The SMILES string of the molecule is CC(=O)c1ccc(Sc2c(C)[nH]n(-c3ccccc3)c2=O)cc1. The second-order valence-electron chi connectivity index (χ2n) is 5.22. The van der Waals surface area contributed by atoms with Crippen LogP contribution in [0.2, 0.25) is 0 Å². The first-order valence-electron chi connectivity index (χ1n) is 7.22. The summed E-state index contributed by atoms with van der Waals surface area (Å²) in [5.74, 6) is 0.0332. The molecule has 0 aliphatic carbocycles. The van der Waals surface area contributed by atoms with E-state index >= 15 is 0 Å². The van der Waals surface area contributed by atoms with Crippen LogP contribution in [0.4, 0.5) is 0 Å². The van der Waals surface area contributed by atoms with Gasteiger partial charge in [-0.05, 0) is 38.1 Å². The monoisotopic (exact) mass is 324 g/mol. The second kappa shape index (κ2) is 6.30. The molecule has 116 valence electrons. The molecule has 0 radical (unpaired) electrons. The highest BCUT2D eigenvalue weighted by molar-refractivity contribution is 7.99. The Labute approximate surface area is 138 Å². The lowest BCUT2D eigenvalue weighted by atomic mass is 10.2. The third-order valence-corrected chi connectivity index (χ3v) is 4.71. The van der Waals surface area contributed by atoms with Gasteiger partial charge in [0.15, 0.2) is 5.78 Å². The van der Waals surface area contributed by atoms with Gasteiger partial charge in [-0.3, -0.25) is 14.7 Å². The van der Waals surface area contributed by atoms with E-state index in [1.54, 1.807) is 16.8 Å². The normalized spacial score (nSPS) is 10.7. The lowest BCUT2D eigenvalue weighted by Gasteiger charge is -2.01. The molecule has 0 atom stereocenters. The molecule has 1 aromatic heterocycles. The molecule has 3 aromatic rings. The van der Waals surface area contributed by atoms with Crippen molar-refractivity contribution in [3.63, 3.8) is 0 Å². The average Bonchev–Trinajstić information content (AvgIpc) is 2.84. The van der Waals surface area contributed by atoms with Crippen LogP contribution < -0.4 is 5.56 Å². The summed E-state index contributed by atoms with van der Waals surface area (Å²) in [6, 6.07) is 16.7.